The molecule has 302 valence electrons. The first-order valence-corrected chi connectivity index (χ1v) is 24.7. The third-order valence-corrected chi connectivity index (χ3v) is 18.8. The number of para-hydroxylation sites is 2. The van der Waals surface area contributed by atoms with Crippen LogP contribution in [-0.2, 0) is 0 Å². The number of nitrogens with zero attached hydrogens (tertiary/aromatic N) is 2. The molecule has 0 bridgehead atoms. The Morgan fingerprint density at radius 3 is 1.56 bits per heavy atom. The fourth-order valence-corrected chi connectivity index (χ4v) is 16.0. The van der Waals surface area contributed by atoms with Crippen LogP contribution in [-0.4, -0.2) is 17.2 Å². The molecule has 12 rings (SSSR count). The average Bonchev–Trinajstić information content (AvgIpc) is 3.88. The van der Waals surface area contributed by atoms with E-state index >= 15 is 0 Å². The molecule has 1 aliphatic carbocycles. The summed E-state index contributed by atoms with van der Waals surface area (Å²) in [5.41, 5.74) is 11.3. The second-order valence-electron chi connectivity index (χ2n) is 17.5. The SMILES string of the molecule is c1ccc(-c2cccc([Si](c3ccccc3)(c3ccccc3)c3ccc(-n4c5ccccc5c5ccc(-n6c7ccccc7c7c(C8CCCCC8)cccc76)cc54)cc3)c2)cc1. The molecule has 2 nitrogen and oxygen atoms in total. The van der Waals surface area contributed by atoms with E-state index in [0.29, 0.717) is 5.92 Å². The van der Waals surface area contributed by atoms with Gasteiger partial charge >= 0.3 is 0 Å². The van der Waals surface area contributed by atoms with E-state index in [9.17, 15) is 0 Å². The number of rotatable bonds is 8. The Hall–Kier alpha value is -7.20. The summed E-state index contributed by atoms with van der Waals surface area (Å²) in [6.07, 6.45) is 6.57. The highest BCUT2D eigenvalue weighted by Gasteiger charge is 2.41. The summed E-state index contributed by atoms with van der Waals surface area (Å²) in [6, 6.07) is 84.4. The minimum absolute atomic E-state index is 0.619. The van der Waals surface area contributed by atoms with Gasteiger partial charge in [0.1, 0.15) is 0 Å². The quantitative estimate of drug-likeness (QED) is 0.107. The van der Waals surface area contributed by atoms with Crippen LogP contribution in [0.4, 0.5) is 0 Å². The summed E-state index contributed by atoms with van der Waals surface area (Å²) in [7, 11) is -2.81. The van der Waals surface area contributed by atoms with Crippen molar-refractivity contribution in [2.75, 3.05) is 0 Å². The Kier molecular flexibility index (Phi) is 9.30. The molecular weight excluding hydrogens is 777 g/mol. The van der Waals surface area contributed by atoms with Crippen molar-refractivity contribution in [2.24, 2.45) is 0 Å². The molecule has 0 atom stereocenters. The van der Waals surface area contributed by atoms with Gasteiger partial charge in [0.05, 0.1) is 22.1 Å². The minimum Gasteiger partial charge on any atom is -0.309 e. The Balaban J connectivity index is 1.06. The van der Waals surface area contributed by atoms with Crippen LogP contribution in [0.25, 0.3) is 66.1 Å². The van der Waals surface area contributed by atoms with Gasteiger partial charge in [0.2, 0.25) is 0 Å². The maximum atomic E-state index is 2.52. The third kappa shape index (κ3) is 6.13. The molecule has 1 aliphatic rings. The molecule has 63 heavy (non-hydrogen) atoms. The fraction of sp³-hybridized carbons (Fsp3) is 0.100. The fourth-order valence-electron chi connectivity index (χ4n) is 11.3. The van der Waals surface area contributed by atoms with Gasteiger partial charge in [0, 0.05) is 32.9 Å². The van der Waals surface area contributed by atoms with E-state index in [1.54, 1.807) is 0 Å². The van der Waals surface area contributed by atoms with Gasteiger partial charge in [0.25, 0.3) is 0 Å². The van der Waals surface area contributed by atoms with Crippen LogP contribution in [0.1, 0.15) is 43.6 Å². The summed E-state index contributed by atoms with van der Waals surface area (Å²) in [5.74, 6) is 0.619. The maximum absolute atomic E-state index is 2.81. The van der Waals surface area contributed by atoms with E-state index in [1.165, 1.54) is 119 Å². The van der Waals surface area contributed by atoms with Crippen molar-refractivity contribution in [3.63, 3.8) is 0 Å². The van der Waals surface area contributed by atoms with Crippen LogP contribution in [0.2, 0.25) is 0 Å². The first-order valence-electron chi connectivity index (χ1n) is 22.7. The zero-order valence-electron chi connectivity index (χ0n) is 35.4. The first-order chi connectivity index (χ1) is 31.3. The highest BCUT2D eigenvalue weighted by Crippen LogP contribution is 2.42. The van der Waals surface area contributed by atoms with E-state index in [2.05, 4.69) is 234 Å². The van der Waals surface area contributed by atoms with Crippen LogP contribution in [0.5, 0.6) is 0 Å². The van der Waals surface area contributed by atoms with E-state index in [4.69, 9.17) is 0 Å². The summed E-state index contributed by atoms with van der Waals surface area (Å²) in [4.78, 5) is 0. The second kappa shape index (κ2) is 15.6. The van der Waals surface area contributed by atoms with Gasteiger partial charge < -0.3 is 9.13 Å². The van der Waals surface area contributed by atoms with Crippen molar-refractivity contribution < 1.29 is 0 Å². The molecule has 3 heteroatoms. The number of benzene rings is 9. The van der Waals surface area contributed by atoms with Crippen LogP contribution in [0.15, 0.2) is 224 Å². The Morgan fingerprint density at radius 2 is 0.841 bits per heavy atom. The molecule has 0 radical (unpaired) electrons. The van der Waals surface area contributed by atoms with Crippen LogP contribution in [0, 0.1) is 0 Å². The molecule has 0 aliphatic heterocycles. The van der Waals surface area contributed by atoms with E-state index < -0.39 is 8.07 Å². The number of hydrogen-bond acceptors (Lipinski definition) is 0. The van der Waals surface area contributed by atoms with Crippen molar-refractivity contribution in [1.82, 2.24) is 9.13 Å². The Labute approximate surface area is 370 Å². The van der Waals surface area contributed by atoms with Crippen molar-refractivity contribution in [2.45, 2.75) is 38.0 Å². The van der Waals surface area contributed by atoms with E-state index in [-0.39, 0.29) is 0 Å². The van der Waals surface area contributed by atoms with Crippen molar-refractivity contribution in [1.29, 1.82) is 0 Å². The van der Waals surface area contributed by atoms with Gasteiger partial charge in [0.15, 0.2) is 8.07 Å². The van der Waals surface area contributed by atoms with Gasteiger partial charge in [-0.25, -0.2) is 0 Å². The number of aromatic nitrogens is 2. The lowest BCUT2D eigenvalue weighted by Crippen LogP contribution is -2.74. The predicted molar refractivity (Wildman–Crippen MR) is 270 cm³/mol. The van der Waals surface area contributed by atoms with E-state index in [1.807, 2.05) is 0 Å². The molecule has 0 amide bonds. The highest BCUT2D eigenvalue weighted by molar-refractivity contribution is 7.19. The Morgan fingerprint density at radius 1 is 0.333 bits per heavy atom. The minimum atomic E-state index is -2.81. The van der Waals surface area contributed by atoms with Crippen LogP contribution in [0.3, 0.4) is 0 Å². The predicted octanol–water partition coefficient (Wildman–Crippen LogP) is 13.0. The largest absolute Gasteiger partial charge is 0.309 e. The summed E-state index contributed by atoms with van der Waals surface area (Å²) in [6.45, 7) is 0. The topological polar surface area (TPSA) is 9.86 Å². The lowest BCUT2D eigenvalue weighted by Gasteiger charge is -2.35. The number of fused-ring (bicyclic) bond motifs is 6. The standard InChI is InChI=1S/C60H48N2Si/c1-5-19-43(20-6-1)45-23-17-28-51(41-45)63(48-24-9-3-10-25-48,49-26-11-4-12-27-49)50-38-35-46(36-39-50)61-56-32-15-13-29-53(56)54-40-37-47(42-59(54)61)62-57-33-16-14-30-55(57)60-52(31-18-34-58(60)62)44-21-7-2-8-22-44/h1,3-6,9-20,23-42,44H,2,7-8,21-22H2. The molecule has 2 heterocycles. The molecule has 2 aromatic heterocycles. The summed E-state index contributed by atoms with van der Waals surface area (Å²) >= 11 is 0. The molecule has 11 aromatic rings. The monoisotopic (exact) mass is 824 g/mol. The van der Waals surface area contributed by atoms with Gasteiger partial charge in [-0.15, -0.1) is 0 Å². The zero-order chi connectivity index (χ0) is 41.7. The highest BCUT2D eigenvalue weighted by atomic mass is 28.3. The van der Waals surface area contributed by atoms with Gasteiger partial charge in [-0.1, -0.05) is 201 Å². The molecule has 0 saturated heterocycles. The summed E-state index contributed by atoms with van der Waals surface area (Å²) < 4.78 is 5.01. The molecular formula is C60H48N2Si. The summed E-state index contributed by atoms with van der Waals surface area (Å²) in [5, 5.41) is 10.8. The lowest BCUT2D eigenvalue weighted by molar-refractivity contribution is 0.445. The van der Waals surface area contributed by atoms with Crippen molar-refractivity contribution in [3.05, 3.63) is 230 Å². The normalized spacial score (nSPS) is 13.7. The first kappa shape index (κ1) is 37.5. The molecule has 9 aromatic carbocycles. The number of hydrogen-bond donors (Lipinski definition) is 0. The molecule has 1 saturated carbocycles. The molecule has 0 spiro atoms. The van der Waals surface area contributed by atoms with Crippen molar-refractivity contribution in [3.8, 4) is 22.5 Å². The maximum Gasteiger partial charge on any atom is 0.179 e. The second-order valence-corrected chi connectivity index (χ2v) is 21.3. The third-order valence-electron chi connectivity index (χ3n) is 14.1. The van der Waals surface area contributed by atoms with E-state index in [0.717, 1.165) is 5.69 Å². The van der Waals surface area contributed by atoms with Crippen molar-refractivity contribution >= 4 is 72.4 Å². The Bertz CT molecular complexity index is 3370. The molecule has 0 N–H and O–H groups in total. The van der Waals surface area contributed by atoms with Crippen LogP contribution < -0.4 is 20.7 Å². The zero-order valence-corrected chi connectivity index (χ0v) is 36.4. The smallest absolute Gasteiger partial charge is 0.179 e. The van der Waals surface area contributed by atoms with Gasteiger partial charge in [-0.05, 0) is 98.7 Å². The van der Waals surface area contributed by atoms with Crippen LogP contribution >= 0.6 is 0 Å². The van der Waals surface area contributed by atoms with Gasteiger partial charge in [-0.3, -0.25) is 0 Å². The average molecular weight is 825 g/mol. The van der Waals surface area contributed by atoms with Gasteiger partial charge in [-0.2, -0.15) is 0 Å². The lowest BCUT2D eigenvalue weighted by atomic mass is 9.82. The molecule has 0 unspecified atom stereocenters. The molecule has 1 fully saturated rings.